The van der Waals surface area contributed by atoms with E-state index in [4.69, 9.17) is 0 Å². The molecule has 9 rings (SSSR count). The second-order valence-corrected chi connectivity index (χ2v) is 16.5. The second-order valence-electron chi connectivity index (χ2n) is 16.5. The number of aromatic nitrogens is 1. The van der Waals surface area contributed by atoms with Crippen molar-refractivity contribution in [3.63, 3.8) is 0 Å². The molecule has 7 nitrogen and oxygen atoms in total. The summed E-state index contributed by atoms with van der Waals surface area (Å²) in [4.78, 5) is 19.1. The summed E-state index contributed by atoms with van der Waals surface area (Å²) in [6, 6.07) is 29.5. The number of rotatable bonds is 9. The molecule has 2 aliphatic carbocycles. The molecule has 290 valence electrons. The third-order valence-electron chi connectivity index (χ3n) is 12.5. The Morgan fingerprint density at radius 1 is 0.661 bits per heavy atom. The van der Waals surface area contributed by atoms with E-state index < -0.39 is 0 Å². The van der Waals surface area contributed by atoms with Gasteiger partial charge < -0.3 is 25.5 Å². The Morgan fingerprint density at radius 2 is 1.21 bits per heavy atom. The van der Waals surface area contributed by atoms with E-state index in [1.54, 1.807) is 13.0 Å². The van der Waals surface area contributed by atoms with Crippen molar-refractivity contribution >= 4 is 5.91 Å². The van der Waals surface area contributed by atoms with Crippen LogP contribution in [0.15, 0.2) is 84.9 Å². The molecule has 2 atom stereocenters. The highest BCUT2D eigenvalue weighted by Crippen LogP contribution is 2.47. The fraction of sp³-hybridized carbons (Fsp3) is 0.388. The van der Waals surface area contributed by atoms with Gasteiger partial charge in [-0.2, -0.15) is 0 Å². The normalized spacial score (nSPS) is 19.2. The van der Waals surface area contributed by atoms with Crippen molar-refractivity contribution in [3.8, 4) is 28.0 Å². The van der Waals surface area contributed by atoms with Gasteiger partial charge in [-0.3, -0.25) is 4.79 Å². The van der Waals surface area contributed by atoms with Gasteiger partial charge in [-0.1, -0.05) is 60.7 Å². The quantitative estimate of drug-likeness (QED) is 0.120. The van der Waals surface area contributed by atoms with Crippen molar-refractivity contribution in [3.05, 3.63) is 141 Å². The number of likely N-dealkylation sites (tertiary alicyclic amines) is 1. The molecule has 2 saturated heterocycles. The van der Waals surface area contributed by atoms with E-state index in [2.05, 4.69) is 96.9 Å². The molecule has 0 radical (unpaired) electrons. The smallest absolute Gasteiger partial charge is 0.272 e. The van der Waals surface area contributed by atoms with Crippen LogP contribution in [0.3, 0.4) is 0 Å². The lowest BCUT2D eigenvalue weighted by atomic mass is 9.86. The number of aliphatic hydroxyl groups excluding tert-OH is 2. The average Bonchev–Trinajstić information content (AvgIpc) is 4.15. The SMILES string of the molecule is Cc1cc(C2CCN(C(=O)c3ccc(O)c(C)n3)C2)c(CO)cc1-c1ccccc1C1CC1.Cc1cc(C2CCNC2)c(CO)cc1-c1ccccc1C1CC1. The molecule has 0 spiro atoms. The lowest BCUT2D eigenvalue weighted by molar-refractivity contribution is 0.0784. The summed E-state index contributed by atoms with van der Waals surface area (Å²) in [6.45, 7) is 9.54. The van der Waals surface area contributed by atoms with Gasteiger partial charge in [0, 0.05) is 25.6 Å². The van der Waals surface area contributed by atoms with E-state index in [0.717, 1.165) is 42.1 Å². The summed E-state index contributed by atoms with van der Waals surface area (Å²) in [5.74, 6) is 2.10. The lowest BCUT2D eigenvalue weighted by Crippen LogP contribution is -2.29. The van der Waals surface area contributed by atoms with Gasteiger partial charge in [-0.25, -0.2) is 4.98 Å². The Labute approximate surface area is 331 Å². The van der Waals surface area contributed by atoms with Gasteiger partial charge in [0.05, 0.1) is 18.9 Å². The molecule has 4 aliphatic rings. The van der Waals surface area contributed by atoms with Crippen LogP contribution in [0.1, 0.15) is 123 Å². The molecule has 2 saturated carbocycles. The number of amides is 1. The number of hydrogen-bond donors (Lipinski definition) is 4. The number of hydrogen-bond acceptors (Lipinski definition) is 6. The van der Waals surface area contributed by atoms with Crippen molar-refractivity contribution in [2.45, 2.75) is 96.2 Å². The highest BCUT2D eigenvalue weighted by Gasteiger charge is 2.32. The molecule has 4 aromatic carbocycles. The molecule has 4 N–H and O–H groups in total. The Kier molecular flexibility index (Phi) is 11.1. The van der Waals surface area contributed by atoms with Crippen LogP contribution in [0.5, 0.6) is 5.75 Å². The molecule has 0 bridgehead atoms. The molecular weight excluding hydrogens is 695 g/mol. The lowest BCUT2D eigenvalue weighted by Gasteiger charge is -2.20. The van der Waals surface area contributed by atoms with Crippen molar-refractivity contribution in [1.82, 2.24) is 15.2 Å². The Hall–Kier alpha value is -4.82. The second kappa shape index (κ2) is 16.3. The monoisotopic (exact) mass is 749 g/mol. The highest BCUT2D eigenvalue weighted by atomic mass is 16.3. The first-order chi connectivity index (χ1) is 27.2. The molecule has 3 heterocycles. The van der Waals surface area contributed by atoms with Crippen LogP contribution >= 0.6 is 0 Å². The molecule has 4 fully saturated rings. The van der Waals surface area contributed by atoms with Gasteiger partial charge in [0.15, 0.2) is 0 Å². The maximum Gasteiger partial charge on any atom is 0.272 e. The third kappa shape index (κ3) is 7.90. The molecule has 2 aliphatic heterocycles. The van der Waals surface area contributed by atoms with Crippen molar-refractivity contribution < 1.29 is 20.1 Å². The van der Waals surface area contributed by atoms with Crippen molar-refractivity contribution in [2.75, 3.05) is 26.2 Å². The van der Waals surface area contributed by atoms with Gasteiger partial charge in [0.2, 0.25) is 0 Å². The summed E-state index contributed by atoms with van der Waals surface area (Å²) in [5, 5.41) is 33.3. The zero-order valence-corrected chi connectivity index (χ0v) is 33.0. The van der Waals surface area contributed by atoms with Crippen molar-refractivity contribution in [2.24, 2.45) is 0 Å². The van der Waals surface area contributed by atoms with Crippen LogP contribution < -0.4 is 5.32 Å². The maximum atomic E-state index is 13.0. The molecular formula is C49H55N3O4. The Morgan fingerprint density at radius 3 is 1.71 bits per heavy atom. The first-order valence-electron chi connectivity index (χ1n) is 20.6. The van der Waals surface area contributed by atoms with Gasteiger partial charge in [0.1, 0.15) is 11.4 Å². The van der Waals surface area contributed by atoms with Crippen LogP contribution in [-0.2, 0) is 13.2 Å². The Bertz CT molecular complexity index is 2230. The molecule has 7 heteroatoms. The number of carbonyl (C=O) groups is 1. The molecule has 5 aromatic rings. The number of aliphatic hydroxyl groups is 2. The van der Waals surface area contributed by atoms with E-state index in [-0.39, 0.29) is 30.8 Å². The van der Waals surface area contributed by atoms with E-state index >= 15 is 0 Å². The van der Waals surface area contributed by atoms with Crippen LogP contribution in [0.4, 0.5) is 0 Å². The summed E-state index contributed by atoms with van der Waals surface area (Å²) < 4.78 is 0. The number of benzene rings is 4. The van der Waals surface area contributed by atoms with Crippen LogP contribution in [0, 0.1) is 20.8 Å². The summed E-state index contributed by atoms with van der Waals surface area (Å²) >= 11 is 0. The zero-order chi connectivity index (χ0) is 38.9. The van der Waals surface area contributed by atoms with Crippen LogP contribution in [0.2, 0.25) is 0 Å². The number of pyridine rings is 1. The zero-order valence-electron chi connectivity index (χ0n) is 33.0. The van der Waals surface area contributed by atoms with Crippen molar-refractivity contribution in [1.29, 1.82) is 0 Å². The van der Waals surface area contributed by atoms with Gasteiger partial charge in [-0.05, 0) is 175 Å². The van der Waals surface area contributed by atoms with E-state index in [9.17, 15) is 20.1 Å². The minimum atomic E-state index is -0.113. The average molecular weight is 750 g/mol. The van der Waals surface area contributed by atoms with E-state index in [1.165, 1.54) is 88.2 Å². The largest absolute Gasteiger partial charge is 0.506 e. The van der Waals surface area contributed by atoms with Gasteiger partial charge in [-0.15, -0.1) is 0 Å². The molecule has 2 unspecified atom stereocenters. The fourth-order valence-corrected chi connectivity index (χ4v) is 9.10. The van der Waals surface area contributed by atoms with Gasteiger partial charge >= 0.3 is 0 Å². The molecule has 1 amide bonds. The predicted molar refractivity (Wildman–Crippen MR) is 223 cm³/mol. The Balaban J connectivity index is 0.000000168. The van der Waals surface area contributed by atoms with Crippen LogP contribution in [0.25, 0.3) is 22.3 Å². The van der Waals surface area contributed by atoms with Gasteiger partial charge in [0.25, 0.3) is 5.91 Å². The van der Waals surface area contributed by atoms with E-state index in [0.29, 0.717) is 36.3 Å². The highest BCUT2D eigenvalue weighted by molar-refractivity contribution is 5.92. The maximum absolute atomic E-state index is 13.0. The third-order valence-corrected chi connectivity index (χ3v) is 12.5. The molecule has 56 heavy (non-hydrogen) atoms. The summed E-state index contributed by atoms with van der Waals surface area (Å²) in [6.07, 6.45) is 7.16. The minimum absolute atomic E-state index is 0.0165. The first kappa shape index (κ1) is 38.1. The first-order valence-corrected chi connectivity index (χ1v) is 20.6. The summed E-state index contributed by atoms with van der Waals surface area (Å²) in [7, 11) is 0. The fourth-order valence-electron chi connectivity index (χ4n) is 9.10. The topological polar surface area (TPSA) is 106 Å². The van der Waals surface area contributed by atoms with Crippen LogP contribution in [-0.4, -0.2) is 57.3 Å². The summed E-state index contributed by atoms with van der Waals surface area (Å²) in [5.41, 5.74) is 15.9. The number of carbonyl (C=O) groups excluding carboxylic acids is 1. The number of nitrogens with one attached hydrogen (secondary N) is 1. The molecule has 1 aromatic heterocycles. The van der Waals surface area contributed by atoms with E-state index in [1.807, 2.05) is 4.90 Å². The number of aromatic hydroxyl groups is 1. The predicted octanol–water partition coefficient (Wildman–Crippen LogP) is 9.18. The standard InChI is InChI=1S/C28H30N2O3.C21H25NO/c1-17-13-25(20-11-12-30(15-20)28(33)26-9-10-27(32)18(2)29-26)21(16-31)14-24(17)23-6-4-3-5-22(23)19-7-8-19;1-14-10-21(16-8-9-22-12-16)17(13-23)11-20(14)19-5-3-2-4-18(19)15-6-7-15/h3-6,9-10,13-14,19-20,31-32H,7-8,11-12,15-16H2,1-2H3;2-5,10-11,15-16,22-23H,6-9,12-13H2,1H3. The minimum Gasteiger partial charge on any atom is -0.506 e. The number of aryl methyl sites for hydroxylation is 3. The number of nitrogens with zero attached hydrogens (tertiary/aromatic N) is 2.